The number of amides is 1. The van der Waals surface area contributed by atoms with E-state index in [1.807, 2.05) is 67.6 Å². The van der Waals surface area contributed by atoms with E-state index in [1.165, 1.54) is 5.56 Å². The molecule has 0 N–H and O–H groups in total. The number of para-hydroxylation sites is 1. The van der Waals surface area contributed by atoms with Crippen LogP contribution in [0.25, 0.3) is 10.2 Å². The first-order valence-electron chi connectivity index (χ1n) is 10.1. The lowest BCUT2D eigenvalue weighted by Gasteiger charge is -2.20. The molecule has 4 rings (SSSR count). The Hall–Kier alpha value is -3.18. The summed E-state index contributed by atoms with van der Waals surface area (Å²) in [5.74, 6) is 0.610. The maximum absolute atomic E-state index is 13.2. The molecular weight excluding hydrogens is 392 g/mol. The largest absolute Gasteiger partial charge is 0.483 e. The minimum Gasteiger partial charge on any atom is -0.483 e. The molecule has 0 bridgehead atoms. The number of aryl methyl sites for hydroxylation is 2. The molecule has 152 valence electrons. The van der Waals surface area contributed by atoms with Crippen LogP contribution in [0.1, 0.15) is 23.6 Å². The summed E-state index contributed by atoms with van der Waals surface area (Å²) < 4.78 is 6.93. The highest BCUT2D eigenvalue weighted by Gasteiger charge is 2.21. The second kappa shape index (κ2) is 9.09. The monoisotopic (exact) mass is 416 g/mol. The summed E-state index contributed by atoms with van der Waals surface area (Å²) >= 11 is 1.55. The molecule has 4 nitrogen and oxygen atoms in total. The fourth-order valence-electron chi connectivity index (χ4n) is 3.26. The fourth-order valence-corrected chi connectivity index (χ4v) is 4.30. The van der Waals surface area contributed by atoms with Crippen LogP contribution >= 0.6 is 11.3 Å². The van der Waals surface area contributed by atoms with Crippen LogP contribution in [-0.2, 0) is 17.8 Å². The number of aromatic nitrogens is 1. The summed E-state index contributed by atoms with van der Waals surface area (Å²) in [4.78, 5) is 19.7. The van der Waals surface area contributed by atoms with Crippen molar-refractivity contribution in [1.82, 2.24) is 4.98 Å². The van der Waals surface area contributed by atoms with Crippen molar-refractivity contribution >= 4 is 32.6 Å². The number of fused-ring (bicyclic) bond motifs is 1. The molecule has 1 heterocycles. The number of hydrogen-bond acceptors (Lipinski definition) is 4. The third-order valence-corrected chi connectivity index (χ3v) is 6.05. The number of benzene rings is 3. The average molecular weight is 417 g/mol. The van der Waals surface area contributed by atoms with Gasteiger partial charge in [0, 0.05) is 0 Å². The van der Waals surface area contributed by atoms with Crippen LogP contribution in [0.15, 0.2) is 72.8 Å². The van der Waals surface area contributed by atoms with Crippen LogP contribution in [0.3, 0.4) is 0 Å². The molecule has 3 aromatic carbocycles. The Kier molecular flexibility index (Phi) is 6.10. The summed E-state index contributed by atoms with van der Waals surface area (Å²) in [6.07, 6.45) is 0.972. The maximum atomic E-state index is 13.2. The third-order valence-electron chi connectivity index (χ3n) is 5.01. The van der Waals surface area contributed by atoms with Crippen LogP contribution in [0.5, 0.6) is 5.75 Å². The van der Waals surface area contributed by atoms with E-state index in [-0.39, 0.29) is 12.5 Å². The lowest BCUT2D eigenvalue weighted by atomic mass is 10.2. The normalized spacial score (nSPS) is 10.9. The SMILES string of the molecule is CCc1ccc2nc(N(Cc3ccccc3)C(=O)COc3ccccc3C)sc2c1. The fraction of sp³-hybridized carbons (Fsp3) is 0.200. The van der Waals surface area contributed by atoms with E-state index >= 15 is 0 Å². The number of carbonyl (C=O) groups excluding carboxylic acids is 1. The summed E-state index contributed by atoms with van der Waals surface area (Å²) in [6, 6.07) is 24.0. The Bertz CT molecular complexity index is 1150. The van der Waals surface area contributed by atoms with Crippen LogP contribution in [0.2, 0.25) is 0 Å². The van der Waals surface area contributed by atoms with Crippen LogP contribution in [0.4, 0.5) is 5.13 Å². The highest BCUT2D eigenvalue weighted by Crippen LogP contribution is 2.31. The Morgan fingerprint density at radius 1 is 1.00 bits per heavy atom. The maximum Gasteiger partial charge on any atom is 0.267 e. The lowest BCUT2D eigenvalue weighted by molar-refractivity contribution is -0.120. The van der Waals surface area contributed by atoms with Gasteiger partial charge in [0.25, 0.3) is 5.91 Å². The molecule has 0 spiro atoms. The van der Waals surface area contributed by atoms with Gasteiger partial charge in [-0.05, 0) is 48.2 Å². The molecule has 0 fully saturated rings. The van der Waals surface area contributed by atoms with Gasteiger partial charge in [-0.3, -0.25) is 9.69 Å². The van der Waals surface area contributed by atoms with Gasteiger partial charge < -0.3 is 4.74 Å². The predicted octanol–water partition coefficient (Wildman–Crippen LogP) is 5.78. The molecule has 0 aliphatic heterocycles. The minimum atomic E-state index is -0.114. The van der Waals surface area contributed by atoms with Crippen molar-refractivity contribution < 1.29 is 9.53 Å². The van der Waals surface area contributed by atoms with Gasteiger partial charge in [-0.1, -0.05) is 72.9 Å². The highest BCUT2D eigenvalue weighted by molar-refractivity contribution is 7.22. The first-order chi connectivity index (χ1) is 14.6. The summed E-state index contributed by atoms with van der Waals surface area (Å²) in [6.45, 7) is 4.53. The Labute approximate surface area is 180 Å². The number of nitrogens with zero attached hydrogens (tertiary/aromatic N) is 2. The van der Waals surface area contributed by atoms with E-state index in [0.29, 0.717) is 11.7 Å². The van der Waals surface area contributed by atoms with Gasteiger partial charge in [0.15, 0.2) is 11.7 Å². The Morgan fingerprint density at radius 3 is 2.53 bits per heavy atom. The lowest BCUT2D eigenvalue weighted by Crippen LogP contribution is -2.34. The second-order valence-corrected chi connectivity index (χ2v) is 8.18. The van der Waals surface area contributed by atoms with Gasteiger partial charge in [0.2, 0.25) is 0 Å². The van der Waals surface area contributed by atoms with Crippen molar-refractivity contribution in [3.05, 3.63) is 89.5 Å². The minimum absolute atomic E-state index is 0.0339. The van der Waals surface area contributed by atoms with Crippen LogP contribution < -0.4 is 9.64 Å². The number of anilines is 1. The van der Waals surface area contributed by atoms with E-state index in [4.69, 9.17) is 9.72 Å². The molecule has 0 aliphatic carbocycles. The molecular formula is C25H24N2O2S. The zero-order valence-electron chi connectivity index (χ0n) is 17.2. The molecule has 1 amide bonds. The third kappa shape index (κ3) is 4.52. The van der Waals surface area contributed by atoms with E-state index in [1.54, 1.807) is 16.2 Å². The molecule has 0 saturated heterocycles. The highest BCUT2D eigenvalue weighted by atomic mass is 32.1. The molecule has 0 unspecified atom stereocenters. The molecule has 0 aliphatic rings. The van der Waals surface area contributed by atoms with Gasteiger partial charge in [0.1, 0.15) is 5.75 Å². The molecule has 5 heteroatoms. The number of hydrogen-bond donors (Lipinski definition) is 0. The van der Waals surface area contributed by atoms with E-state index in [0.717, 1.165) is 33.5 Å². The molecule has 1 aromatic heterocycles. The van der Waals surface area contributed by atoms with Crippen molar-refractivity contribution in [2.45, 2.75) is 26.8 Å². The molecule has 30 heavy (non-hydrogen) atoms. The van der Waals surface area contributed by atoms with Gasteiger partial charge >= 0.3 is 0 Å². The Balaban J connectivity index is 1.62. The van der Waals surface area contributed by atoms with E-state index in [9.17, 15) is 4.79 Å². The van der Waals surface area contributed by atoms with Crippen molar-refractivity contribution in [3.63, 3.8) is 0 Å². The zero-order valence-corrected chi connectivity index (χ0v) is 18.0. The summed E-state index contributed by atoms with van der Waals surface area (Å²) in [5.41, 5.74) is 4.24. The van der Waals surface area contributed by atoms with E-state index in [2.05, 4.69) is 19.1 Å². The average Bonchev–Trinajstić information content (AvgIpc) is 3.20. The zero-order chi connectivity index (χ0) is 20.9. The smallest absolute Gasteiger partial charge is 0.267 e. The number of thiazole rings is 1. The first-order valence-corrected chi connectivity index (χ1v) is 10.9. The molecule has 0 atom stereocenters. The number of carbonyl (C=O) groups is 1. The predicted molar refractivity (Wildman–Crippen MR) is 123 cm³/mol. The molecule has 0 saturated carbocycles. The van der Waals surface area contributed by atoms with Crippen LogP contribution in [-0.4, -0.2) is 17.5 Å². The van der Waals surface area contributed by atoms with Crippen molar-refractivity contribution in [2.24, 2.45) is 0 Å². The van der Waals surface area contributed by atoms with Gasteiger partial charge in [-0.15, -0.1) is 0 Å². The van der Waals surface area contributed by atoms with Gasteiger partial charge in [-0.2, -0.15) is 0 Å². The topological polar surface area (TPSA) is 42.4 Å². The van der Waals surface area contributed by atoms with Crippen molar-refractivity contribution in [3.8, 4) is 5.75 Å². The number of rotatable bonds is 7. The van der Waals surface area contributed by atoms with Crippen molar-refractivity contribution in [2.75, 3.05) is 11.5 Å². The Morgan fingerprint density at radius 2 is 1.77 bits per heavy atom. The molecule has 4 aromatic rings. The second-order valence-electron chi connectivity index (χ2n) is 7.17. The standard InChI is InChI=1S/C25H24N2O2S/c1-3-19-13-14-21-23(15-19)30-25(26-21)27(16-20-10-5-4-6-11-20)24(28)17-29-22-12-8-7-9-18(22)2/h4-15H,3,16-17H2,1-2H3. The quantitative estimate of drug-likeness (QED) is 0.383. The first kappa shape index (κ1) is 20.1. The van der Waals surface area contributed by atoms with Gasteiger partial charge in [0.05, 0.1) is 16.8 Å². The summed E-state index contributed by atoms with van der Waals surface area (Å²) in [5, 5.41) is 0.695. The number of ether oxygens (including phenoxy) is 1. The van der Waals surface area contributed by atoms with Crippen LogP contribution in [0, 0.1) is 6.92 Å². The molecule has 0 radical (unpaired) electrons. The van der Waals surface area contributed by atoms with E-state index < -0.39 is 0 Å². The summed E-state index contributed by atoms with van der Waals surface area (Å²) in [7, 11) is 0. The van der Waals surface area contributed by atoms with Crippen molar-refractivity contribution in [1.29, 1.82) is 0 Å². The van der Waals surface area contributed by atoms with Gasteiger partial charge in [-0.25, -0.2) is 4.98 Å².